The van der Waals surface area contributed by atoms with Gasteiger partial charge in [0.25, 0.3) is 11.5 Å². The molecule has 2 aliphatic rings. The van der Waals surface area contributed by atoms with Crippen LogP contribution in [0.2, 0.25) is 0 Å². The summed E-state index contributed by atoms with van der Waals surface area (Å²) in [5.74, 6) is -0.235. The predicted octanol–water partition coefficient (Wildman–Crippen LogP) is 1.35. The van der Waals surface area contributed by atoms with Gasteiger partial charge in [0.15, 0.2) is 0 Å². The number of aromatic nitrogens is 2. The molecule has 2 atom stereocenters. The Labute approximate surface area is 169 Å². The van der Waals surface area contributed by atoms with Gasteiger partial charge in [0, 0.05) is 38.4 Å². The lowest BCUT2D eigenvalue weighted by atomic mass is 10.1. The Hall–Kier alpha value is -2.45. The number of carbonyl (C=O) groups is 1. The average Bonchev–Trinajstić information content (AvgIpc) is 3.13. The molecule has 1 saturated heterocycles. The van der Waals surface area contributed by atoms with E-state index in [2.05, 4.69) is 22.1 Å². The molecule has 0 bridgehead atoms. The van der Waals surface area contributed by atoms with Gasteiger partial charge in [0.05, 0.1) is 18.6 Å². The van der Waals surface area contributed by atoms with E-state index in [0.717, 1.165) is 32.4 Å². The van der Waals surface area contributed by atoms with E-state index in [1.807, 2.05) is 0 Å². The van der Waals surface area contributed by atoms with Crippen LogP contribution in [0.25, 0.3) is 11.0 Å². The maximum Gasteiger partial charge on any atom is 0.268 e. The van der Waals surface area contributed by atoms with Crippen LogP contribution < -0.4 is 10.9 Å². The minimum atomic E-state index is -0.502. The number of carbonyl (C=O) groups excluding carboxylic acids is 1. The van der Waals surface area contributed by atoms with Crippen molar-refractivity contribution < 1.29 is 14.6 Å². The molecule has 1 amide bonds. The number of hydrogen-bond acceptors (Lipinski definition) is 6. The molecule has 2 N–H and O–H groups in total. The summed E-state index contributed by atoms with van der Waals surface area (Å²) in [7, 11) is 0. The molecule has 1 aliphatic carbocycles. The molecule has 0 spiro atoms. The highest BCUT2D eigenvalue weighted by molar-refractivity contribution is 6.01. The first-order valence-corrected chi connectivity index (χ1v) is 10.4. The minimum Gasteiger partial charge on any atom is -0.506 e. The number of nitrogens with one attached hydrogen (secondary N) is 1. The van der Waals surface area contributed by atoms with Crippen LogP contribution in [0.3, 0.4) is 0 Å². The number of amides is 1. The minimum absolute atomic E-state index is 0.0442. The number of nitrogens with zero attached hydrogens (tertiary/aromatic N) is 3. The summed E-state index contributed by atoms with van der Waals surface area (Å²) in [4.78, 5) is 32.7. The van der Waals surface area contributed by atoms with Crippen molar-refractivity contribution >= 4 is 16.9 Å². The van der Waals surface area contributed by atoms with Gasteiger partial charge in [-0.25, -0.2) is 4.98 Å². The molecule has 1 unspecified atom stereocenters. The molecular formula is C21H28N4O4. The van der Waals surface area contributed by atoms with Crippen molar-refractivity contribution in [2.24, 2.45) is 5.92 Å². The van der Waals surface area contributed by atoms with Gasteiger partial charge in [-0.05, 0) is 37.3 Å². The topological polar surface area (TPSA) is 96.7 Å². The summed E-state index contributed by atoms with van der Waals surface area (Å²) in [5, 5.41) is 14.1. The Morgan fingerprint density at radius 2 is 2.10 bits per heavy atom. The van der Waals surface area contributed by atoms with Gasteiger partial charge < -0.3 is 15.2 Å². The summed E-state index contributed by atoms with van der Waals surface area (Å²) in [6.45, 7) is 6.18. The predicted molar refractivity (Wildman–Crippen MR) is 109 cm³/mol. The fraction of sp³-hybridized carbons (Fsp3) is 0.571. The Balaban J connectivity index is 1.66. The van der Waals surface area contributed by atoms with Crippen LogP contribution in [0.1, 0.15) is 36.5 Å². The molecule has 8 nitrogen and oxygen atoms in total. The third kappa shape index (κ3) is 4.13. The van der Waals surface area contributed by atoms with Crippen molar-refractivity contribution in [3.05, 3.63) is 34.2 Å². The zero-order valence-electron chi connectivity index (χ0n) is 16.8. The summed E-state index contributed by atoms with van der Waals surface area (Å²) in [5.41, 5.74) is -0.285. The third-order valence-electron chi connectivity index (χ3n) is 5.99. The van der Waals surface area contributed by atoms with Crippen molar-refractivity contribution in [1.29, 1.82) is 0 Å². The van der Waals surface area contributed by atoms with Crippen LogP contribution in [0.5, 0.6) is 5.75 Å². The number of rotatable bonds is 5. The van der Waals surface area contributed by atoms with E-state index in [4.69, 9.17) is 4.74 Å². The smallest absolute Gasteiger partial charge is 0.268 e. The van der Waals surface area contributed by atoms with E-state index in [-0.39, 0.29) is 17.4 Å². The standard InChI is InChI=1S/C21H28N4O4/c1-14-4-5-15(13-14)23-20(27)17-18(26)16-3-2-6-22-19(16)25(21(17)28)8-7-24-9-11-29-12-10-24/h2-3,6,14-15,26H,4-5,7-13H2,1H3,(H,23,27)/t14-,15?/m1/s1. The molecule has 4 rings (SSSR count). The van der Waals surface area contributed by atoms with E-state index >= 15 is 0 Å². The van der Waals surface area contributed by atoms with E-state index in [1.165, 1.54) is 4.57 Å². The molecule has 3 heterocycles. The lowest BCUT2D eigenvalue weighted by molar-refractivity contribution is 0.0364. The van der Waals surface area contributed by atoms with Crippen molar-refractivity contribution in [3.63, 3.8) is 0 Å². The highest BCUT2D eigenvalue weighted by Crippen LogP contribution is 2.27. The first-order chi connectivity index (χ1) is 14.0. The number of fused-ring (bicyclic) bond motifs is 1. The fourth-order valence-electron chi connectivity index (χ4n) is 4.34. The van der Waals surface area contributed by atoms with Gasteiger partial charge in [-0.15, -0.1) is 0 Å². The van der Waals surface area contributed by atoms with Crippen molar-refractivity contribution in [3.8, 4) is 5.75 Å². The lowest BCUT2D eigenvalue weighted by Crippen LogP contribution is -2.41. The largest absolute Gasteiger partial charge is 0.506 e. The van der Waals surface area contributed by atoms with Crippen LogP contribution in [-0.2, 0) is 11.3 Å². The zero-order chi connectivity index (χ0) is 20.4. The van der Waals surface area contributed by atoms with Gasteiger partial charge in [0.2, 0.25) is 0 Å². The van der Waals surface area contributed by atoms with Crippen LogP contribution in [0, 0.1) is 5.92 Å². The highest BCUT2D eigenvalue weighted by Gasteiger charge is 2.28. The molecule has 1 aliphatic heterocycles. The Morgan fingerprint density at radius 1 is 1.31 bits per heavy atom. The second-order valence-corrected chi connectivity index (χ2v) is 8.10. The van der Waals surface area contributed by atoms with Crippen molar-refractivity contribution in [1.82, 2.24) is 19.8 Å². The molecule has 2 aromatic heterocycles. The summed E-state index contributed by atoms with van der Waals surface area (Å²) >= 11 is 0. The third-order valence-corrected chi connectivity index (χ3v) is 5.99. The molecule has 29 heavy (non-hydrogen) atoms. The molecule has 0 aromatic carbocycles. The molecule has 2 fully saturated rings. The molecule has 2 aromatic rings. The van der Waals surface area contributed by atoms with Gasteiger partial charge >= 0.3 is 0 Å². The molecule has 1 saturated carbocycles. The summed E-state index contributed by atoms with van der Waals surface area (Å²) in [6, 6.07) is 3.43. The maximum absolute atomic E-state index is 13.2. The number of ether oxygens (including phenoxy) is 1. The average molecular weight is 400 g/mol. The SMILES string of the molecule is C[C@@H]1CCC(NC(=O)c2c(O)c3cccnc3n(CCN3CCOCC3)c2=O)C1. The number of pyridine rings is 2. The number of hydrogen-bond donors (Lipinski definition) is 2. The van der Waals surface area contributed by atoms with Crippen LogP contribution >= 0.6 is 0 Å². The first-order valence-electron chi connectivity index (χ1n) is 10.4. The van der Waals surface area contributed by atoms with E-state index in [1.54, 1.807) is 18.3 Å². The molecule has 156 valence electrons. The van der Waals surface area contributed by atoms with E-state index in [0.29, 0.717) is 43.3 Å². The molecular weight excluding hydrogens is 372 g/mol. The van der Waals surface area contributed by atoms with Crippen LogP contribution in [-0.4, -0.2) is 64.4 Å². The fourth-order valence-corrected chi connectivity index (χ4v) is 4.34. The van der Waals surface area contributed by atoms with Crippen molar-refractivity contribution in [2.45, 2.75) is 38.8 Å². The summed E-state index contributed by atoms with van der Waals surface area (Å²) < 4.78 is 6.88. The zero-order valence-corrected chi connectivity index (χ0v) is 16.8. The highest BCUT2D eigenvalue weighted by atomic mass is 16.5. The number of morpholine rings is 1. The molecule has 8 heteroatoms. The first kappa shape index (κ1) is 19.8. The Kier molecular flexibility index (Phi) is 5.82. The normalized spacial score (nSPS) is 22.8. The van der Waals surface area contributed by atoms with E-state index in [9.17, 15) is 14.7 Å². The van der Waals surface area contributed by atoms with Crippen molar-refractivity contribution in [2.75, 3.05) is 32.8 Å². The van der Waals surface area contributed by atoms with Crippen LogP contribution in [0.4, 0.5) is 0 Å². The maximum atomic E-state index is 13.2. The quantitative estimate of drug-likeness (QED) is 0.787. The van der Waals surface area contributed by atoms with Gasteiger partial charge in [-0.3, -0.25) is 19.1 Å². The molecule has 0 radical (unpaired) electrons. The Morgan fingerprint density at radius 3 is 2.83 bits per heavy atom. The number of aromatic hydroxyl groups is 1. The second kappa shape index (κ2) is 8.51. The van der Waals surface area contributed by atoms with Crippen LogP contribution in [0.15, 0.2) is 23.1 Å². The van der Waals surface area contributed by atoms with E-state index < -0.39 is 11.5 Å². The monoisotopic (exact) mass is 400 g/mol. The van der Waals surface area contributed by atoms with Gasteiger partial charge in [0.1, 0.15) is 17.0 Å². The Bertz CT molecular complexity index is 952. The summed E-state index contributed by atoms with van der Waals surface area (Å²) in [6.07, 6.45) is 4.44. The van der Waals surface area contributed by atoms with Gasteiger partial charge in [-0.1, -0.05) is 6.92 Å². The van der Waals surface area contributed by atoms with Gasteiger partial charge in [-0.2, -0.15) is 0 Å². The lowest BCUT2D eigenvalue weighted by Gasteiger charge is -2.27. The second-order valence-electron chi connectivity index (χ2n) is 8.10.